The van der Waals surface area contributed by atoms with Crippen LogP contribution in [-0.4, -0.2) is 12.9 Å². The molecule has 0 amide bonds. The van der Waals surface area contributed by atoms with Crippen LogP contribution in [0.3, 0.4) is 0 Å². The Kier molecular flexibility index (Phi) is 4.26. The van der Waals surface area contributed by atoms with E-state index < -0.39 is 0 Å². The van der Waals surface area contributed by atoms with Gasteiger partial charge in [0.15, 0.2) is 0 Å². The maximum absolute atomic E-state index is 13.2. The molecule has 0 aliphatic heterocycles. The van der Waals surface area contributed by atoms with E-state index >= 15 is 0 Å². The zero-order valence-corrected chi connectivity index (χ0v) is 8.13. The van der Waals surface area contributed by atoms with Crippen molar-refractivity contribution >= 4 is 6.29 Å². The fourth-order valence-corrected chi connectivity index (χ4v) is 1.08. The maximum Gasteiger partial charge on any atom is 0.150 e. The number of hydrogen-bond acceptors (Lipinski definition) is 2. The van der Waals surface area contributed by atoms with Gasteiger partial charge in [0.2, 0.25) is 0 Å². The molecule has 0 saturated carbocycles. The quantitative estimate of drug-likeness (QED) is 0.534. The summed E-state index contributed by atoms with van der Waals surface area (Å²) in [5.41, 5.74) is 0.839. The molecule has 3 heteroatoms. The van der Waals surface area contributed by atoms with Crippen LogP contribution in [-0.2, 0) is 11.3 Å². The van der Waals surface area contributed by atoms with Crippen LogP contribution >= 0.6 is 0 Å². The first-order valence-electron chi connectivity index (χ1n) is 4.59. The minimum Gasteiger partial charge on any atom is -0.377 e. The van der Waals surface area contributed by atoms with Crippen molar-refractivity contribution in [3.05, 3.63) is 35.1 Å². The number of aldehydes is 1. The highest BCUT2D eigenvalue weighted by Crippen LogP contribution is 2.10. The monoisotopic (exact) mass is 196 g/mol. The molecule has 0 bridgehead atoms. The molecule has 0 spiro atoms. The van der Waals surface area contributed by atoms with E-state index in [1.54, 1.807) is 12.1 Å². The highest BCUT2D eigenvalue weighted by molar-refractivity contribution is 5.74. The molecule has 1 aromatic carbocycles. The first-order valence-corrected chi connectivity index (χ1v) is 4.59. The van der Waals surface area contributed by atoms with Gasteiger partial charge in [-0.2, -0.15) is 0 Å². The Morgan fingerprint density at radius 2 is 2.29 bits per heavy atom. The first-order chi connectivity index (χ1) is 6.77. The molecule has 0 aliphatic rings. The van der Waals surface area contributed by atoms with Gasteiger partial charge in [-0.1, -0.05) is 19.1 Å². The predicted molar refractivity (Wildman–Crippen MR) is 51.7 cm³/mol. The highest BCUT2D eigenvalue weighted by atomic mass is 19.1. The molecule has 0 saturated heterocycles. The first kappa shape index (κ1) is 10.9. The van der Waals surface area contributed by atoms with Gasteiger partial charge in [-0.3, -0.25) is 4.79 Å². The van der Waals surface area contributed by atoms with Crippen molar-refractivity contribution in [3.63, 3.8) is 0 Å². The van der Waals surface area contributed by atoms with Gasteiger partial charge in [0.25, 0.3) is 0 Å². The summed E-state index contributed by atoms with van der Waals surface area (Å²) in [5, 5.41) is 0. The Balaban J connectivity index is 2.64. The minimum atomic E-state index is -0.384. The maximum atomic E-state index is 13.2. The second-order valence-corrected chi connectivity index (χ2v) is 3.02. The lowest BCUT2D eigenvalue weighted by atomic mass is 10.1. The molecule has 0 aliphatic carbocycles. The van der Waals surface area contributed by atoms with Crippen molar-refractivity contribution < 1.29 is 13.9 Å². The summed E-state index contributed by atoms with van der Waals surface area (Å²) in [6.45, 7) is 2.87. The summed E-state index contributed by atoms with van der Waals surface area (Å²) in [4.78, 5) is 10.3. The zero-order valence-electron chi connectivity index (χ0n) is 8.13. The zero-order chi connectivity index (χ0) is 10.4. The lowest BCUT2D eigenvalue weighted by Gasteiger charge is -2.04. The normalized spacial score (nSPS) is 10.1. The fraction of sp³-hybridized carbons (Fsp3) is 0.364. The van der Waals surface area contributed by atoms with E-state index in [4.69, 9.17) is 4.74 Å². The van der Waals surface area contributed by atoms with Crippen LogP contribution in [0.1, 0.15) is 29.3 Å². The molecule has 1 aromatic rings. The number of ether oxygens (including phenoxy) is 1. The average Bonchev–Trinajstić information content (AvgIpc) is 2.20. The van der Waals surface area contributed by atoms with Crippen LogP contribution in [0.2, 0.25) is 0 Å². The Bertz CT molecular complexity index is 310. The molecular weight excluding hydrogens is 183 g/mol. The van der Waals surface area contributed by atoms with Gasteiger partial charge in [-0.15, -0.1) is 0 Å². The molecular formula is C11H13FO2. The highest BCUT2D eigenvalue weighted by Gasteiger charge is 2.02. The molecule has 14 heavy (non-hydrogen) atoms. The third-order valence-electron chi connectivity index (χ3n) is 1.82. The third-order valence-corrected chi connectivity index (χ3v) is 1.82. The average molecular weight is 196 g/mol. The third kappa shape index (κ3) is 2.92. The summed E-state index contributed by atoms with van der Waals surface area (Å²) in [7, 11) is 0. The van der Waals surface area contributed by atoms with Gasteiger partial charge in [0.05, 0.1) is 6.61 Å². The van der Waals surface area contributed by atoms with Gasteiger partial charge < -0.3 is 4.74 Å². The van der Waals surface area contributed by atoms with Crippen LogP contribution in [0, 0.1) is 5.82 Å². The smallest absolute Gasteiger partial charge is 0.150 e. The van der Waals surface area contributed by atoms with Crippen LogP contribution in [0.4, 0.5) is 4.39 Å². The molecule has 76 valence electrons. The van der Waals surface area contributed by atoms with Crippen LogP contribution in [0.15, 0.2) is 18.2 Å². The van der Waals surface area contributed by atoms with E-state index in [-0.39, 0.29) is 12.4 Å². The Morgan fingerprint density at radius 1 is 1.50 bits per heavy atom. The molecule has 2 nitrogen and oxygen atoms in total. The fourth-order valence-electron chi connectivity index (χ4n) is 1.08. The second-order valence-electron chi connectivity index (χ2n) is 3.02. The van der Waals surface area contributed by atoms with Gasteiger partial charge in [-0.05, 0) is 12.5 Å². The van der Waals surface area contributed by atoms with Crippen molar-refractivity contribution in [2.75, 3.05) is 6.61 Å². The second kappa shape index (κ2) is 5.50. The molecule has 0 N–H and O–H groups in total. The molecule has 0 fully saturated rings. The van der Waals surface area contributed by atoms with Crippen molar-refractivity contribution in [3.8, 4) is 0 Å². The van der Waals surface area contributed by atoms with E-state index in [1.807, 2.05) is 6.92 Å². The van der Waals surface area contributed by atoms with E-state index in [9.17, 15) is 9.18 Å². The largest absolute Gasteiger partial charge is 0.377 e. The predicted octanol–water partition coefficient (Wildman–Crippen LogP) is 2.56. The van der Waals surface area contributed by atoms with Crippen molar-refractivity contribution in [1.82, 2.24) is 0 Å². The summed E-state index contributed by atoms with van der Waals surface area (Å²) in [5.74, 6) is -0.384. The Labute approximate surface area is 82.7 Å². The summed E-state index contributed by atoms with van der Waals surface area (Å²) in [6.07, 6.45) is 1.54. The lowest BCUT2D eigenvalue weighted by molar-refractivity contribution is 0.112. The number of hydrogen-bond donors (Lipinski definition) is 0. The number of benzene rings is 1. The molecule has 1 rings (SSSR count). The van der Waals surface area contributed by atoms with Gasteiger partial charge in [0.1, 0.15) is 12.1 Å². The summed E-state index contributed by atoms with van der Waals surface area (Å²) in [6, 6.07) is 4.38. The van der Waals surface area contributed by atoms with Crippen molar-refractivity contribution in [2.24, 2.45) is 0 Å². The lowest BCUT2D eigenvalue weighted by Crippen LogP contribution is -1.97. The Hall–Kier alpha value is -1.22. The van der Waals surface area contributed by atoms with Gasteiger partial charge in [-0.25, -0.2) is 4.39 Å². The molecule has 0 unspecified atom stereocenters. The Morgan fingerprint density at radius 3 is 2.86 bits per heavy atom. The summed E-state index contributed by atoms with van der Waals surface area (Å²) >= 11 is 0. The molecule has 0 aromatic heterocycles. The van der Waals surface area contributed by atoms with E-state index in [2.05, 4.69) is 0 Å². The van der Waals surface area contributed by atoms with Gasteiger partial charge in [0, 0.05) is 17.7 Å². The standard InChI is InChI=1S/C11H13FO2/c1-2-5-14-8-10-4-3-9(7-13)6-11(10)12/h3-4,6-7H,2,5,8H2,1H3. The van der Waals surface area contributed by atoms with Crippen molar-refractivity contribution in [2.45, 2.75) is 20.0 Å². The molecule has 0 atom stereocenters. The number of halogens is 1. The number of carbonyl (C=O) groups is 1. The van der Waals surface area contributed by atoms with Crippen LogP contribution < -0.4 is 0 Å². The van der Waals surface area contributed by atoms with E-state index in [1.165, 1.54) is 6.07 Å². The minimum absolute atomic E-state index is 0.263. The number of carbonyl (C=O) groups excluding carboxylic acids is 1. The van der Waals surface area contributed by atoms with E-state index in [0.29, 0.717) is 24.0 Å². The van der Waals surface area contributed by atoms with E-state index in [0.717, 1.165) is 6.42 Å². The van der Waals surface area contributed by atoms with Gasteiger partial charge >= 0.3 is 0 Å². The van der Waals surface area contributed by atoms with Crippen molar-refractivity contribution in [1.29, 1.82) is 0 Å². The van der Waals surface area contributed by atoms with Crippen LogP contribution in [0.5, 0.6) is 0 Å². The summed E-state index contributed by atoms with van der Waals surface area (Å²) < 4.78 is 18.4. The van der Waals surface area contributed by atoms with Crippen LogP contribution in [0.25, 0.3) is 0 Å². The number of rotatable bonds is 5. The topological polar surface area (TPSA) is 26.3 Å². The molecule has 0 heterocycles. The SMILES string of the molecule is CCCOCc1ccc(C=O)cc1F. The molecule has 0 radical (unpaired) electrons.